The van der Waals surface area contributed by atoms with Crippen molar-refractivity contribution in [1.82, 2.24) is 14.9 Å². The van der Waals surface area contributed by atoms with Crippen LogP contribution in [-0.4, -0.2) is 47.0 Å². The summed E-state index contributed by atoms with van der Waals surface area (Å²) >= 11 is 0. The molecule has 2 fully saturated rings. The second-order valence-corrected chi connectivity index (χ2v) is 8.49. The lowest BCUT2D eigenvalue weighted by atomic mass is 9.68. The third-order valence-corrected chi connectivity index (χ3v) is 6.30. The van der Waals surface area contributed by atoms with Crippen LogP contribution in [0.4, 0.5) is 10.2 Å². The van der Waals surface area contributed by atoms with E-state index in [0.717, 1.165) is 25.3 Å². The number of carbonyl (C=O) groups excluding carboxylic acids is 1. The molecule has 0 atom stereocenters. The second kappa shape index (κ2) is 7.61. The Bertz CT molecular complexity index is 913. The molecule has 4 rings (SSSR count). The first-order valence-electron chi connectivity index (χ1n) is 10.2. The number of hydrogen-bond acceptors (Lipinski definition) is 5. The van der Waals surface area contributed by atoms with Crippen LogP contribution in [0.1, 0.15) is 49.9 Å². The number of halogens is 1. The number of amides is 1. The summed E-state index contributed by atoms with van der Waals surface area (Å²) < 4.78 is 20.0. The second-order valence-electron chi connectivity index (χ2n) is 8.49. The van der Waals surface area contributed by atoms with Gasteiger partial charge in [-0.05, 0) is 56.7 Å². The largest absolute Gasteiger partial charge is 0.451 e. The average Bonchev–Trinajstić information content (AvgIpc) is 3.14. The predicted octanol–water partition coefficient (Wildman–Crippen LogP) is 4.27. The zero-order valence-corrected chi connectivity index (χ0v) is 17.2. The number of carbonyl (C=O) groups is 1. The molecule has 6 nitrogen and oxygen atoms in total. The van der Waals surface area contributed by atoms with Crippen LogP contribution in [-0.2, 0) is 0 Å². The van der Waals surface area contributed by atoms with Gasteiger partial charge in [0.05, 0.1) is 11.8 Å². The molecule has 154 valence electrons. The Morgan fingerprint density at radius 1 is 1.28 bits per heavy atom. The molecule has 1 aromatic heterocycles. The number of anilines is 1. The lowest BCUT2D eigenvalue weighted by Crippen LogP contribution is -2.33. The van der Waals surface area contributed by atoms with Gasteiger partial charge in [0.2, 0.25) is 0 Å². The van der Waals surface area contributed by atoms with Crippen molar-refractivity contribution < 1.29 is 13.9 Å². The van der Waals surface area contributed by atoms with Crippen LogP contribution in [0.3, 0.4) is 0 Å². The normalized spacial score (nSPS) is 17.5. The van der Waals surface area contributed by atoms with Crippen LogP contribution in [0.25, 0.3) is 0 Å². The molecule has 1 amide bonds. The van der Waals surface area contributed by atoms with Gasteiger partial charge in [-0.2, -0.15) is 0 Å². The van der Waals surface area contributed by atoms with Crippen molar-refractivity contribution in [3.8, 4) is 11.5 Å². The summed E-state index contributed by atoms with van der Waals surface area (Å²) in [5, 5.41) is 0. The van der Waals surface area contributed by atoms with E-state index in [-0.39, 0.29) is 17.5 Å². The van der Waals surface area contributed by atoms with Gasteiger partial charge in [0.25, 0.3) is 5.91 Å². The van der Waals surface area contributed by atoms with Crippen LogP contribution in [0, 0.1) is 11.2 Å². The first kappa shape index (κ1) is 19.6. The van der Waals surface area contributed by atoms with E-state index in [1.165, 1.54) is 43.8 Å². The maximum atomic E-state index is 13.9. The standard InChI is InChI=1S/C22H27FN4O2/c1-15(2)26(3)21(28)17-11-16(23)5-6-18(17)29-19-12-24-14-25-20(19)27-10-9-22(13-27)7-4-8-22/h5-6,11-12,14-15H,4,7-10,13H2,1-3H3. The fourth-order valence-electron chi connectivity index (χ4n) is 4.12. The molecule has 1 saturated carbocycles. The minimum absolute atomic E-state index is 0.0162. The third-order valence-electron chi connectivity index (χ3n) is 6.30. The number of nitrogens with zero attached hydrogens (tertiary/aromatic N) is 4. The molecule has 2 aliphatic rings. The van der Waals surface area contributed by atoms with Crippen molar-refractivity contribution in [1.29, 1.82) is 0 Å². The molecule has 7 heteroatoms. The fraction of sp³-hybridized carbons (Fsp3) is 0.500. The minimum atomic E-state index is -0.478. The van der Waals surface area contributed by atoms with Crippen molar-refractivity contribution in [3.63, 3.8) is 0 Å². The number of aromatic nitrogens is 2. The molecule has 1 aliphatic carbocycles. The van der Waals surface area contributed by atoms with Gasteiger partial charge in [0, 0.05) is 26.2 Å². The van der Waals surface area contributed by atoms with E-state index in [1.54, 1.807) is 18.1 Å². The molecule has 1 aliphatic heterocycles. The lowest BCUT2D eigenvalue weighted by Gasteiger charge is -2.38. The van der Waals surface area contributed by atoms with E-state index in [4.69, 9.17) is 4.74 Å². The minimum Gasteiger partial charge on any atom is -0.451 e. The van der Waals surface area contributed by atoms with E-state index >= 15 is 0 Å². The van der Waals surface area contributed by atoms with E-state index in [9.17, 15) is 9.18 Å². The Balaban J connectivity index is 1.63. The SMILES string of the molecule is CC(C)N(C)C(=O)c1cc(F)ccc1Oc1cncnc1N1CCC2(CCC2)C1. The molecular formula is C22H27FN4O2. The van der Waals surface area contributed by atoms with Gasteiger partial charge < -0.3 is 14.5 Å². The van der Waals surface area contributed by atoms with E-state index in [0.29, 0.717) is 16.9 Å². The summed E-state index contributed by atoms with van der Waals surface area (Å²) in [5.74, 6) is 0.745. The summed E-state index contributed by atoms with van der Waals surface area (Å²) in [4.78, 5) is 25.2. The highest BCUT2D eigenvalue weighted by Gasteiger charge is 2.43. The van der Waals surface area contributed by atoms with Gasteiger partial charge in [0.15, 0.2) is 11.6 Å². The molecule has 2 heterocycles. The molecule has 0 radical (unpaired) electrons. The van der Waals surface area contributed by atoms with E-state index in [2.05, 4.69) is 14.9 Å². The number of ether oxygens (including phenoxy) is 1. The highest BCUT2D eigenvalue weighted by Crippen LogP contribution is 2.49. The van der Waals surface area contributed by atoms with Gasteiger partial charge in [-0.15, -0.1) is 0 Å². The summed E-state index contributed by atoms with van der Waals surface area (Å²) in [6, 6.07) is 3.99. The first-order valence-corrected chi connectivity index (χ1v) is 10.2. The molecule has 0 N–H and O–H groups in total. The fourth-order valence-corrected chi connectivity index (χ4v) is 4.12. The van der Waals surface area contributed by atoms with Crippen LogP contribution < -0.4 is 9.64 Å². The maximum Gasteiger partial charge on any atom is 0.257 e. The summed E-state index contributed by atoms with van der Waals surface area (Å²) in [6.07, 6.45) is 8.11. The van der Waals surface area contributed by atoms with Crippen LogP contribution >= 0.6 is 0 Å². The third kappa shape index (κ3) is 3.78. The van der Waals surface area contributed by atoms with Gasteiger partial charge in [-0.1, -0.05) is 6.42 Å². The van der Waals surface area contributed by atoms with Crippen molar-refractivity contribution in [2.75, 3.05) is 25.0 Å². The monoisotopic (exact) mass is 398 g/mol. The zero-order chi connectivity index (χ0) is 20.6. The molecule has 1 spiro atoms. The highest BCUT2D eigenvalue weighted by atomic mass is 19.1. The van der Waals surface area contributed by atoms with Crippen molar-refractivity contribution >= 4 is 11.7 Å². The molecule has 2 aromatic rings. The molecule has 1 aromatic carbocycles. The van der Waals surface area contributed by atoms with Crippen molar-refractivity contribution in [2.24, 2.45) is 5.41 Å². The van der Waals surface area contributed by atoms with Crippen LogP contribution in [0.5, 0.6) is 11.5 Å². The van der Waals surface area contributed by atoms with Crippen molar-refractivity contribution in [2.45, 2.75) is 45.6 Å². The number of benzene rings is 1. The Hall–Kier alpha value is -2.70. The van der Waals surface area contributed by atoms with Gasteiger partial charge in [-0.25, -0.2) is 14.4 Å². The summed E-state index contributed by atoms with van der Waals surface area (Å²) in [7, 11) is 1.70. The van der Waals surface area contributed by atoms with Gasteiger partial charge in [-0.3, -0.25) is 4.79 Å². The Morgan fingerprint density at radius 2 is 2.07 bits per heavy atom. The Kier molecular flexibility index (Phi) is 5.15. The molecule has 0 unspecified atom stereocenters. The van der Waals surface area contributed by atoms with E-state index < -0.39 is 5.82 Å². The summed E-state index contributed by atoms with van der Waals surface area (Å²) in [5.41, 5.74) is 0.604. The van der Waals surface area contributed by atoms with Gasteiger partial charge in [0.1, 0.15) is 17.9 Å². The topological polar surface area (TPSA) is 58.6 Å². The highest BCUT2D eigenvalue weighted by molar-refractivity contribution is 5.97. The first-order chi connectivity index (χ1) is 13.9. The predicted molar refractivity (Wildman–Crippen MR) is 109 cm³/mol. The number of rotatable bonds is 5. The maximum absolute atomic E-state index is 13.9. The van der Waals surface area contributed by atoms with Crippen molar-refractivity contribution in [3.05, 3.63) is 42.1 Å². The smallest absolute Gasteiger partial charge is 0.257 e. The van der Waals surface area contributed by atoms with Gasteiger partial charge >= 0.3 is 0 Å². The molecule has 1 saturated heterocycles. The lowest BCUT2D eigenvalue weighted by molar-refractivity contribution is 0.0751. The van der Waals surface area contributed by atoms with Crippen LogP contribution in [0.15, 0.2) is 30.7 Å². The average molecular weight is 398 g/mol. The van der Waals surface area contributed by atoms with Crippen LogP contribution in [0.2, 0.25) is 0 Å². The Morgan fingerprint density at radius 3 is 2.72 bits per heavy atom. The molecule has 0 bridgehead atoms. The number of hydrogen-bond donors (Lipinski definition) is 0. The quantitative estimate of drug-likeness (QED) is 0.753. The Labute approximate surface area is 170 Å². The van der Waals surface area contributed by atoms with E-state index in [1.807, 2.05) is 13.8 Å². The molecule has 29 heavy (non-hydrogen) atoms. The zero-order valence-electron chi connectivity index (χ0n) is 17.2. The molecular weight excluding hydrogens is 371 g/mol. The summed E-state index contributed by atoms with van der Waals surface area (Å²) in [6.45, 7) is 5.71.